The zero-order chi connectivity index (χ0) is 12.2. The number of hydrogen-bond donors (Lipinski definition) is 1. The first-order valence-electron chi connectivity index (χ1n) is 5.16. The highest BCUT2D eigenvalue weighted by molar-refractivity contribution is 7.82. The second kappa shape index (κ2) is 5.71. The average Bonchev–Trinajstić information content (AvgIpc) is 2.58. The quantitative estimate of drug-likeness (QED) is 0.617. The predicted molar refractivity (Wildman–Crippen MR) is 66.9 cm³/mol. The lowest BCUT2D eigenvalue weighted by Crippen LogP contribution is -2.22. The van der Waals surface area contributed by atoms with Crippen LogP contribution in [0.15, 0.2) is 17.3 Å². The van der Waals surface area contributed by atoms with Crippen LogP contribution in [0.1, 0.15) is 0 Å². The van der Waals surface area contributed by atoms with Gasteiger partial charge in [0.2, 0.25) is 0 Å². The zero-order valence-corrected chi connectivity index (χ0v) is 11.8. The van der Waals surface area contributed by atoms with Crippen molar-refractivity contribution in [3.8, 4) is 0 Å². The number of aromatic nitrogens is 2. The number of ether oxygens (including phenoxy) is 1. The molecular formula is C9H19N3O2SSi. The first kappa shape index (κ1) is 13.6. The Balaban J connectivity index is 2.38. The molecule has 0 aliphatic heterocycles. The second-order valence-corrected chi connectivity index (χ2v) is 11.4. The first-order valence-corrected chi connectivity index (χ1v) is 10.1. The highest BCUT2D eigenvalue weighted by atomic mass is 32.2. The van der Waals surface area contributed by atoms with Crippen molar-refractivity contribution in [2.24, 2.45) is 5.14 Å². The van der Waals surface area contributed by atoms with Crippen molar-refractivity contribution in [3.05, 3.63) is 12.3 Å². The molecule has 92 valence electrons. The molecule has 16 heavy (non-hydrogen) atoms. The summed E-state index contributed by atoms with van der Waals surface area (Å²) in [5, 5.41) is 9.79. The molecule has 1 aromatic heterocycles. The van der Waals surface area contributed by atoms with Gasteiger partial charge in [0.1, 0.15) is 22.7 Å². The molecular weight excluding hydrogens is 242 g/mol. The van der Waals surface area contributed by atoms with Crippen molar-refractivity contribution in [1.29, 1.82) is 0 Å². The Bertz CT molecular complexity index is 362. The normalized spacial score (nSPS) is 14.0. The zero-order valence-electron chi connectivity index (χ0n) is 9.97. The van der Waals surface area contributed by atoms with Gasteiger partial charge in [-0.25, -0.2) is 14.0 Å². The third kappa shape index (κ3) is 4.56. The Hall–Kier alpha value is -0.503. The Morgan fingerprint density at radius 3 is 2.81 bits per heavy atom. The number of rotatable bonds is 6. The Labute approximate surface area is 99.6 Å². The van der Waals surface area contributed by atoms with E-state index >= 15 is 0 Å². The van der Waals surface area contributed by atoms with Gasteiger partial charge in [-0.05, 0) is 12.1 Å². The summed E-state index contributed by atoms with van der Waals surface area (Å²) >= 11 is 0. The van der Waals surface area contributed by atoms with E-state index in [1.165, 1.54) is 4.68 Å². The van der Waals surface area contributed by atoms with E-state index in [0.29, 0.717) is 18.4 Å². The minimum absolute atomic E-state index is 0.315. The van der Waals surface area contributed by atoms with Crippen LogP contribution in [0.2, 0.25) is 25.7 Å². The summed E-state index contributed by atoms with van der Waals surface area (Å²) in [5.74, 6) is 0. The van der Waals surface area contributed by atoms with Gasteiger partial charge in [-0.3, -0.25) is 0 Å². The van der Waals surface area contributed by atoms with E-state index in [1.807, 2.05) is 0 Å². The molecule has 0 aliphatic rings. The summed E-state index contributed by atoms with van der Waals surface area (Å²) in [6, 6.07) is 2.74. The van der Waals surface area contributed by atoms with Crippen LogP contribution in [0.4, 0.5) is 0 Å². The van der Waals surface area contributed by atoms with Crippen LogP contribution in [0.3, 0.4) is 0 Å². The third-order valence-corrected chi connectivity index (χ3v) is 4.56. The Morgan fingerprint density at radius 2 is 2.25 bits per heavy atom. The fraction of sp³-hybridized carbons (Fsp3) is 0.667. The van der Waals surface area contributed by atoms with E-state index in [9.17, 15) is 4.21 Å². The maximum absolute atomic E-state index is 11.1. The molecule has 0 amide bonds. The van der Waals surface area contributed by atoms with Crippen molar-refractivity contribution in [3.63, 3.8) is 0 Å². The molecule has 0 saturated heterocycles. The lowest BCUT2D eigenvalue weighted by Gasteiger charge is -2.15. The SMILES string of the molecule is C[Si](C)(C)CCOCn1nccc1[S@@](N)=O. The summed E-state index contributed by atoms with van der Waals surface area (Å²) < 4.78 is 18.1. The minimum atomic E-state index is -1.50. The van der Waals surface area contributed by atoms with Crippen molar-refractivity contribution in [2.75, 3.05) is 6.61 Å². The van der Waals surface area contributed by atoms with Gasteiger partial charge in [0.25, 0.3) is 0 Å². The third-order valence-electron chi connectivity index (χ3n) is 2.09. The molecule has 1 rings (SSSR count). The second-order valence-electron chi connectivity index (χ2n) is 4.81. The number of nitrogens with zero attached hydrogens (tertiary/aromatic N) is 2. The molecule has 0 spiro atoms. The summed E-state index contributed by atoms with van der Waals surface area (Å²) in [6.07, 6.45) is 1.57. The molecule has 0 bridgehead atoms. The summed E-state index contributed by atoms with van der Waals surface area (Å²) in [6.45, 7) is 7.92. The highest BCUT2D eigenvalue weighted by Crippen LogP contribution is 2.08. The largest absolute Gasteiger partial charge is 0.359 e. The van der Waals surface area contributed by atoms with Crippen LogP contribution in [-0.4, -0.2) is 28.7 Å². The molecule has 2 N–H and O–H groups in total. The summed E-state index contributed by atoms with van der Waals surface area (Å²) in [4.78, 5) is 0. The molecule has 5 nitrogen and oxygen atoms in total. The molecule has 0 radical (unpaired) electrons. The molecule has 1 heterocycles. The fourth-order valence-corrected chi connectivity index (χ4v) is 2.38. The average molecular weight is 261 g/mol. The van der Waals surface area contributed by atoms with Gasteiger partial charge in [0.05, 0.1) is 6.20 Å². The monoisotopic (exact) mass is 261 g/mol. The van der Waals surface area contributed by atoms with Crippen LogP contribution >= 0.6 is 0 Å². The minimum Gasteiger partial charge on any atom is -0.359 e. The summed E-state index contributed by atoms with van der Waals surface area (Å²) in [5.41, 5.74) is 0. The van der Waals surface area contributed by atoms with Crippen molar-refractivity contribution < 1.29 is 8.95 Å². The van der Waals surface area contributed by atoms with E-state index in [2.05, 4.69) is 24.7 Å². The molecule has 0 aliphatic carbocycles. The molecule has 0 aromatic carbocycles. The van der Waals surface area contributed by atoms with Crippen LogP contribution in [0, 0.1) is 0 Å². The van der Waals surface area contributed by atoms with Gasteiger partial charge in [0, 0.05) is 14.7 Å². The van der Waals surface area contributed by atoms with Crippen molar-refractivity contribution >= 4 is 19.1 Å². The molecule has 1 atom stereocenters. The first-order chi connectivity index (χ1) is 7.40. The smallest absolute Gasteiger partial charge is 0.143 e. The number of hydrogen-bond acceptors (Lipinski definition) is 3. The van der Waals surface area contributed by atoms with Gasteiger partial charge in [-0.1, -0.05) is 19.6 Å². The fourth-order valence-electron chi connectivity index (χ4n) is 1.12. The Morgan fingerprint density at radius 1 is 1.56 bits per heavy atom. The van der Waals surface area contributed by atoms with Crippen molar-refractivity contribution in [2.45, 2.75) is 37.4 Å². The van der Waals surface area contributed by atoms with Gasteiger partial charge < -0.3 is 4.74 Å². The van der Waals surface area contributed by atoms with E-state index in [4.69, 9.17) is 9.88 Å². The molecule has 0 fully saturated rings. The standard InChI is InChI=1S/C9H19N3O2SSi/c1-16(2,3)7-6-14-8-12-9(15(10)13)4-5-11-12/h4-5H,6-8,10H2,1-3H3/t15-/m0/s1. The lowest BCUT2D eigenvalue weighted by atomic mass is 10.7. The maximum atomic E-state index is 11.1. The lowest BCUT2D eigenvalue weighted by molar-refractivity contribution is 0.0724. The number of nitrogens with two attached hydrogens (primary N) is 1. The van der Waals surface area contributed by atoms with Crippen LogP contribution < -0.4 is 5.14 Å². The molecule has 7 heteroatoms. The Kier molecular flexibility index (Phi) is 4.84. The topological polar surface area (TPSA) is 70.1 Å². The summed E-state index contributed by atoms with van der Waals surface area (Å²) in [7, 11) is -2.56. The van der Waals surface area contributed by atoms with Crippen LogP contribution in [0.5, 0.6) is 0 Å². The van der Waals surface area contributed by atoms with E-state index in [0.717, 1.165) is 6.04 Å². The van der Waals surface area contributed by atoms with Gasteiger partial charge >= 0.3 is 0 Å². The maximum Gasteiger partial charge on any atom is 0.143 e. The van der Waals surface area contributed by atoms with E-state index in [1.54, 1.807) is 12.3 Å². The van der Waals surface area contributed by atoms with Crippen LogP contribution in [0.25, 0.3) is 0 Å². The van der Waals surface area contributed by atoms with Crippen molar-refractivity contribution in [1.82, 2.24) is 9.78 Å². The van der Waals surface area contributed by atoms with Gasteiger partial charge in [0.15, 0.2) is 0 Å². The van der Waals surface area contributed by atoms with E-state index < -0.39 is 19.1 Å². The molecule has 0 saturated carbocycles. The van der Waals surface area contributed by atoms with Gasteiger partial charge in [-0.15, -0.1) is 0 Å². The highest BCUT2D eigenvalue weighted by Gasteiger charge is 2.12. The van der Waals surface area contributed by atoms with Crippen LogP contribution in [-0.2, 0) is 22.5 Å². The molecule has 0 unspecified atom stereocenters. The van der Waals surface area contributed by atoms with E-state index in [-0.39, 0.29) is 0 Å². The van der Waals surface area contributed by atoms with Gasteiger partial charge in [-0.2, -0.15) is 5.10 Å². The predicted octanol–water partition coefficient (Wildman–Crippen LogP) is 1.18. The molecule has 1 aromatic rings.